The van der Waals surface area contributed by atoms with Crippen LogP contribution in [0.15, 0.2) is 195 Å². The zero-order chi connectivity index (χ0) is 36.6. The second-order valence-corrected chi connectivity index (χ2v) is 13.5. The molecule has 6 nitrogen and oxygen atoms in total. The molecule has 0 atom stereocenters. The number of rotatable bonds is 7. The smallest absolute Gasteiger partial charge is 0.0899 e. The third-order valence-corrected chi connectivity index (χ3v) is 10.2. The van der Waals surface area contributed by atoms with E-state index in [0.717, 1.165) is 94.6 Å². The van der Waals surface area contributed by atoms with E-state index in [0.29, 0.717) is 0 Å². The topological polar surface area (TPSA) is 69.4 Å². The first kappa shape index (κ1) is 32.1. The lowest BCUT2D eigenvalue weighted by Gasteiger charge is -2.11. The number of benzene rings is 4. The Morgan fingerprint density at radius 1 is 0.327 bits per heavy atom. The molecule has 258 valence electrons. The van der Waals surface area contributed by atoms with Crippen molar-refractivity contribution in [3.8, 4) is 72.8 Å². The van der Waals surface area contributed by atoms with Crippen LogP contribution in [-0.2, 0) is 0 Å². The first-order valence-corrected chi connectivity index (χ1v) is 18.2. The Morgan fingerprint density at radius 3 is 1.56 bits per heavy atom. The van der Waals surface area contributed by atoms with Crippen LogP contribution in [0.25, 0.3) is 94.6 Å². The number of fused-ring (bicyclic) bond motifs is 3. The number of aromatic nitrogens is 6. The summed E-state index contributed by atoms with van der Waals surface area (Å²) in [6, 6.07) is 53.1. The minimum absolute atomic E-state index is 0.829. The van der Waals surface area contributed by atoms with E-state index in [1.807, 2.05) is 61.3 Å². The summed E-state index contributed by atoms with van der Waals surface area (Å²) in [5.41, 5.74) is 15.8. The fraction of sp³-hybridized carbons (Fsp3) is 0. The van der Waals surface area contributed by atoms with E-state index >= 15 is 0 Å². The van der Waals surface area contributed by atoms with E-state index in [9.17, 15) is 0 Å². The Bertz CT molecular complexity index is 2920. The van der Waals surface area contributed by atoms with Gasteiger partial charge in [-0.3, -0.25) is 19.9 Å². The highest BCUT2D eigenvalue weighted by Crippen LogP contribution is 2.36. The van der Waals surface area contributed by atoms with Crippen LogP contribution in [0, 0.1) is 0 Å². The van der Waals surface area contributed by atoms with Crippen molar-refractivity contribution in [3.63, 3.8) is 0 Å². The summed E-state index contributed by atoms with van der Waals surface area (Å²) in [4.78, 5) is 22.8. The van der Waals surface area contributed by atoms with Crippen molar-refractivity contribution in [1.82, 2.24) is 29.5 Å². The SMILES string of the molecule is c1ccc(-c2cc(-c3ccc(-c4ccc5c(c4)c4cnccc4n5-c4ccc(-c5cccnc5)cc4)cc3)cc(-c3ccc(-c4cccnc4)cc3)n2)nc1. The molecular weight excluding hydrogens is 673 g/mol. The van der Waals surface area contributed by atoms with Gasteiger partial charge in [-0.05, 0) is 111 Å². The molecule has 0 spiro atoms. The molecule has 6 heterocycles. The molecule has 0 N–H and O–H groups in total. The Morgan fingerprint density at radius 2 is 0.909 bits per heavy atom. The van der Waals surface area contributed by atoms with E-state index in [-0.39, 0.29) is 0 Å². The van der Waals surface area contributed by atoms with Gasteiger partial charge in [-0.15, -0.1) is 0 Å². The van der Waals surface area contributed by atoms with Crippen LogP contribution in [0.5, 0.6) is 0 Å². The number of hydrogen-bond donors (Lipinski definition) is 0. The first-order chi connectivity index (χ1) is 27.2. The monoisotopic (exact) mass is 704 g/mol. The van der Waals surface area contributed by atoms with Gasteiger partial charge in [0.05, 0.1) is 28.1 Å². The maximum absolute atomic E-state index is 5.08. The molecule has 0 saturated heterocycles. The predicted octanol–water partition coefficient (Wildman–Crippen LogP) is 11.8. The van der Waals surface area contributed by atoms with Gasteiger partial charge in [0.2, 0.25) is 0 Å². The average Bonchev–Trinajstić information content (AvgIpc) is 3.61. The van der Waals surface area contributed by atoms with Gasteiger partial charge in [-0.25, -0.2) is 4.98 Å². The minimum Gasteiger partial charge on any atom is -0.309 e. The number of nitrogens with zero attached hydrogens (tertiary/aromatic N) is 6. The van der Waals surface area contributed by atoms with Gasteiger partial charge in [-0.2, -0.15) is 0 Å². The van der Waals surface area contributed by atoms with Crippen LogP contribution in [0.4, 0.5) is 0 Å². The zero-order valence-electron chi connectivity index (χ0n) is 29.7. The molecule has 0 radical (unpaired) electrons. The third-order valence-electron chi connectivity index (χ3n) is 10.2. The summed E-state index contributed by atoms with van der Waals surface area (Å²) in [5, 5.41) is 2.28. The average molecular weight is 705 g/mol. The second kappa shape index (κ2) is 13.8. The Hall–Kier alpha value is -7.57. The van der Waals surface area contributed by atoms with Crippen molar-refractivity contribution < 1.29 is 0 Å². The molecule has 55 heavy (non-hydrogen) atoms. The van der Waals surface area contributed by atoms with Crippen LogP contribution in [-0.4, -0.2) is 29.5 Å². The second-order valence-electron chi connectivity index (χ2n) is 13.5. The molecule has 10 rings (SSSR count). The lowest BCUT2D eigenvalue weighted by molar-refractivity contribution is 1.17. The predicted molar refractivity (Wildman–Crippen MR) is 222 cm³/mol. The maximum atomic E-state index is 5.08. The lowest BCUT2D eigenvalue weighted by Crippen LogP contribution is -1.94. The lowest BCUT2D eigenvalue weighted by atomic mass is 9.97. The molecule has 0 aliphatic rings. The number of hydrogen-bond acceptors (Lipinski definition) is 5. The fourth-order valence-electron chi connectivity index (χ4n) is 7.37. The largest absolute Gasteiger partial charge is 0.309 e. The standard InChI is InChI=1S/C49H32N6/c1-2-25-53-45(7-1)47-29-41(28-46(54-47)37-14-12-34(13-15-37)39-5-3-23-50-30-39)36-10-8-33(9-11-36)38-18-21-48-43(27-38)44-32-52-26-22-49(44)55(48)42-19-16-35(17-20-42)40-6-4-24-51-31-40/h1-32H. The van der Waals surface area contributed by atoms with Crippen molar-refractivity contribution in [1.29, 1.82) is 0 Å². The highest BCUT2D eigenvalue weighted by molar-refractivity contribution is 6.10. The molecule has 0 aliphatic heterocycles. The van der Waals surface area contributed by atoms with E-state index in [2.05, 4.69) is 146 Å². The van der Waals surface area contributed by atoms with Crippen LogP contribution in [0.2, 0.25) is 0 Å². The van der Waals surface area contributed by atoms with Gasteiger partial charge >= 0.3 is 0 Å². The molecule has 6 aromatic heterocycles. The van der Waals surface area contributed by atoms with Crippen molar-refractivity contribution in [2.45, 2.75) is 0 Å². The van der Waals surface area contributed by atoms with Crippen LogP contribution >= 0.6 is 0 Å². The fourth-order valence-corrected chi connectivity index (χ4v) is 7.37. The van der Waals surface area contributed by atoms with Crippen molar-refractivity contribution in [2.24, 2.45) is 0 Å². The van der Waals surface area contributed by atoms with E-state index in [1.165, 1.54) is 0 Å². The summed E-state index contributed by atoms with van der Waals surface area (Å²) >= 11 is 0. The minimum atomic E-state index is 0.829. The maximum Gasteiger partial charge on any atom is 0.0899 e. The molecule has 6 heteroatoms. The Labute approximate surface area is 318 Å². The molecule has 0 amide bonds. The van der Waals surface area contributed by atoms with Crippen molar-refractivity contribution in [2.75, 3.05) is 0 Å². The third kappa shape index (κ3) is 6.11. The van der Waals surface area contributed by atoms with E-state index < -0.39 is 0 Å². The Balaban J connectivity index is 1.00. The van der Waals surface area contributed by atoms with Gasteiger partial charge in [0.25, 0.3) is 0 Å². The van der Waals surface area contributed by atoms with Crippen LogP contribution in [0.1, 0.15) is 0 Å². The molecule has 0 unspecified atom stereocenters. The molecule has 0 saturated carbocycles. The molecule has 0 aliphatic carbocycles. The van der Waals surface area contributed by atoms with E-state index in [4.69, 9.17) is 4.98 Å². The summed E-state index contributed by atoms with van der Waals surface area (Å²) < 4.78 is 2.32. The molecular formula is C49H32N6. The normalized spacial score (nSPS) is 11.3. The highest BCUT2D eigenvalue weighted by Gasteiger charge is 2.15. The van der Waals surface area contributed by atoms with Crippen molar-refractivity contribution >= 4 is 21.8 Å². The highest BCUT2D eigenvalue weighted by atomic mass is 15.0. The van der Waals surface area contributed by atoms with Gasteiger partial charge in [-0.1, -0.05) is 84.9 Å². The summed E-state index contributed by atoms with van der Waals surface area (Å²) in [6.45, 7) is 0. The van der Waals surface area contributed by atoms with Crippen LogP contribution in [0.3, 0.4) is 0 Å². The molecule has 0 fully saturated rings. The first-order valence-electron chi connectivity index (χ1n) is 18.2. The van der Waals surface area contributed by atoms with Crippen molar-refractivity contribution in [3.05, 3.63) is 195 Å². The van der Waals surface area contributed by atoms with Gasteiger partial charge in [0, 0.05) is 65.4 Å². The molecule has 10 aromatic rings. The molecule has 0 bridgehead atoms. The van der Waals surface area contributed by atoms with E-state index in [1.54, 1.807) is 12.4 Å². The summed E-state index contributed by atoms with van der Waals surface area (Å²) in [6.07, 6.45) is 13.0. The summed E-state index contributed by atoms with van der Waals surface area (Å²) in [7, 11) is 0. The summed E-state index contributed by atoms with van der Waals surface area (Å²) in [5.74, 6) is 0. The van der Waals surface area contributed by atoms with Gasteiger partial charge < -0.3 is 4.57 Å². The van der Waals surface area contributed by atoms with Gasteiger partial charge in [0.15, 0.2) is 0 Å². The molecule has 4 aromatic carbocycles. The van der Waals surface area contributed by atoms with Gasteiger partial charge in [0.1, 0.15) is 0 Å². The quantitative estimate of drug-likeness (QED) is 0.165. The number of pyridine rings is 5. The van der Waals surface area contributed by atoms with Crippen LogP contribution < -0.4 is 0 Å². The zero-order valence-corrected chi connectivity index (χ0v) is 29.7. The Kier molecular flexibility index (Phi) is 8.04.